The van der Waals surface area contributed by atoms with E-state index in [2.05, 4.69) is 51.3 Å². The molecule has 1 fully saturated rings. The highest BCUT2D eigenvalue weighted by Gasteiger charge is 2.35. The fourth-order valence-corrected chi connectivity index (χ4v) is 6.77. The number of halogens is 2. The van der Waals surface area contributed by atoms with Gasteiger partial charge in [0.15, 0.2) is 11.5 Å². The number of imidazole rings is 1. The van der Waals surface area contributed by atoms with Gasteiger partial charge in [-0.05, 0) is 61.7 Å². The molecule has 6 aromatic rings. The van der Waals surface area contributed by atoms with Gasteiger partial charge in [0, 0.05) is 48.5 Å². The molecule has 0 saturated carbocycles. The van der Waals surface area contributed by atoms with Gasteiger partial charge in [-0.15, -0.1) is 0 Å². The number of aromatic nitrogens is 7. The molecular formula is C36H32ClFN9O3Si. The summed E-state index contributed by atoms with van der Waals surface area (Å²) >= 11 is 5.88. The predicted molar refractivity (Wildman–Crippen MR) is 191 cm³/mol. The standard InChI is InChI=1S/C36H32ClFN9O3Si/c1-21-33-34(45-44-21)39-17-30(42-33)43-35(48)23-6-8-29-28(15-23)40-31(47(29)20-36(51)11-14-50-36)18-46-12-9-22(10-13-46)27-3-2-4-32(41-27)49-19-24-5-7-25(37)16-26(24)38/h2-9,15-17H,10-14,18-20H2,1H3,(H,39,44,45)(H,42,43,48)/t36-/m1/s1. The van der Waals surface area contributed by atoms with Crippen LogP contribution in [0.4, 0.5) is 10.2 Å². The van der Waals surface area contributed by atoms with Crippen molar-refractivity contribution in [1.82, 2.24) is 39.6 Å². The molecular weight excluding hydrogens is 689 g/mol. The Morgan fingerprint density at radius 2 is 2.06 bits per heavy atom. The maximum atomic E-state index is 14.2. The van der Waals surface area contributed by atoms with Crippen molar-refractivity contribution in [3.05, 3.63) is 106 Å². The summed E-state index contributed by atoms with van der Waals surface area (Å²) in [6, 6.07) is 15.7. The molecule has 2 aliphatic rings. The third kappa shape index (κ3) is 7.00. The SMILES string of the molecule is Cc1[nH]nc2ncc(NC(=O)c3ccc4c(c3)nc(CN3CC=C(c5cccc(OCc6ccc(Cl)cc6F)n5)CC3)n4C[C@]3([Si])CCO3)nc12. The van der Waals surface area contributed by atoms with Crippen LogP contribution in [0, 0.1) is 12.7 Å². The van der Waals surface area contributed by atoms with E-state index in [0.717, 1.165) is 47.7 Å². The highest BCUT2D eigenvalue weighted by atomic mass is 35.5. The number of rotatable bonds is 10. The summed E-state index contributed by atoms with van der Waals surface area (Å²) in [6.45, 7) is 5.27. The van der Waals surface area contributed by atoms with E-state index in [1.54, 1.807) is 30.3 Å². The number of amides is 1. The Bertz CT molecular complexity index is 2320. The van der Waals surface area contributed by atoms with Crippen LogP contribution in [0.15, 0.2) is 66.9 Å². The number of carbonyl (C=O) groups excluding carboxylic acids is 1. The number of H-pyrrole nitrogens is 1. The Hall–Kier alpha value is -5.02. The number of pyridine rings is 1. The van der Waals surface area contributed by atoms with E-state index >= 15 is 0 Å². The summed E-state index contributed by atoms with van der Waals surface area (Å²) in [4.78, 5) is 34.1. The first-order valence-electron chi connectivity index (χ1n) is 16.5. The Labute approximate surface area is 300 Å². The van der Waals surface area contributed by atoms with Gasteiger partial charge < -0.3 is 19.4 Å². The average Bonchev–Trinajstić information content (AvgIpc) is 3.65. The summed E-state index contributed by atoms with van der Waals surface area (Å²) in [5.74, 6) is 0.921. The minimum atomic E-state index is -0.464. The first-order chi connectivity index (χ1) is 24.7. The Morgan fingerprint density at radius 3 is 2.84 bits per heavy atom. The minimum Gasteiger partial charge on any atom is -0.473 e. The molecule has 2 N–H and O–H groups in total. The second-order valence-corrected chi connectivity index (χ2v) is 14.1. The normalized spacial score (nSPS) is 17.8. The van der Waals surface area contributed by atoms with E-state index in [1.165, 1.54) is 12.3 Å². The maximum Gasteiger partial charge on any atom is 0.256 e. The van der Waals surface area contributed by atoms with Crippen molar-refractivity contribution in [2.75, 3.05) is 25.0 Å². The lowest BCUT2D eigenvalue weighted by Crippen LogP contribution is -2.48. The van der Waals surface area contributed by atoms with Crippen LogP contribution in [-0.4, -0.2) is 80.7 Å². The molecule has 0 bridgehead atoms. The van der Waals surface area contributed by atoms with E-state index in [4.69, 9.17) is 31.0 Å². The van der Waals surface area contributed by atoms with Crippen molar-refractivity contribution in [2.45, 2.75) is 44.7 Å². The van der Waals surface area contributed by atoms with Crippen LogP contribution in [-0.2, 0) is 24.4 Å². The molecule has 51 heavy (non-hydrogen) atoms. The molecule has 0 spiro atoms. The molecule has 2 aliphatic heterocycles. The molecule has 15 heteroatoms. The van der Waals surface area contributed by atoms with Crippen molar-refractivity contribution in [2.24, 2.45) is 0 Å². The summed E-state index contributed by atoms with van der Waals surface area (Å²) in [7, 11) is 3.84. The second-order valence-electron chi connectivity index (χ2n) is 12.7. The van der Waals surface area contributed by atoms with Crippen LogP contribution < -0.4 is 10.1 Å². The third-order valence-electron chi connectivity index (χ3n) is 9.17. The lowest BCUT2D eigenvalue weighted by Gasteiger charge is -2.39. The van der Waals surface area contributed by atoms with Crippen LogP contribution in [0.1, 0.15) is 46.0 Å². The molecule has 257 valence electrons. The van der Waals surface area contributed by atoms with Crippen LogP contribution in [0.3, 0.4) is 0 Å². The first-order valence-corrected chi connectivity index (χ1v) is 17.4. The van der Waals surface area contributed by atoms with E-state index < -0.39 is 11.0 Å². The zero-order valence-electron chi connectivity index (χ0n) is 27.6. The molecule has 1 amide bonds. The number of nitrogens with one attached hydrogen (secondary N) is 2. The van der Waals surface area contributed by atoms with Gasteiger partial charge in [0.25, 0.3) is 5.91 Å². The van der Waals surface area contributed by atoms with Gasteiger partial charge in [0.05, 0.1) is 50.6 Å². The zero-order chi connectivity index (χ0) is 35.1. The third-order valence-corrected chi connectivity index (χ3v) is 9.96. The number of anilines is 1. The minimum absolute atomic E-state index is 0.0523. The lowest BCUT2D eigenvalue weighted by atomic mass is 10.0. The van der Waals surface area contributed by atoms with Gasteiger partial charge >= 0.3 is 0 Å². The monoisotopic (exact) mass is 720 g/mol. The summed E-state index contributed by atoms with van der Waals surface area (Å²) in [6.07, 6.45) is 5.33. The zero-order valence-corrected chi connectivity index (χ0v) is 29.4. The van der Waals surface area contributed by atoms with Crippen LogP contribution in [0.25, 0.3) is 27.8 Å². The Balaban J connectivity index is 0.979. The number of nitrogens with zero attached hydrogens (tertiary/aromatic N) is 7. The molecule has 4 aromatic heterocycles. The number of aryl methyl sites for hydroxylation is 1. The molecule has 3 radical (unpaired) electrons. The van der Waals surface area contributed by atoms with Crippen molar-refractivity contribution < 1.29 is 18.7 Å². The smallest absolute Gasteiger partial charge is 0.256 e. The number of hydrogen-bond acceptors (Lipinski definition) is 9. The van der Waals surface area contributed by atoms with Crippen molar-refractivity contribution >= 4 is 61.3 Å². The Kier molecular flexibility index (Phi) is 8.84. The summed E-state index contributed by atoms with van der Waals surface area (Å²) in [5.41, 5.74) is 6.31. The van der Waals surface area contributed by atoms with Gasteiger partial charge in [-0.1, -0.05) is 29.8 Å². The van der Waals surface area contributed by atoms with Gasteiger partial charge in [0.2, 0.25) is 5.88 Å². The average molecular weight is 721 g/mol. The molecule has 6 heterocycles. The van der Waals surface area contributed by atoms with Gasteiger partial charge in [0.1, 0.15) is 23.8 Å². The van der Waals surface area contributed by atoms with E-state index in [-0.39, 0.29) is 12.5 Å². The fourth-order valence-electron chi connectivity index (χ4n) is 6.25. The quantitative estimate of drug-likeness (QED) is 0.173. The molecule has 1 atom stereocenters. The molecule has 0 aliphatic carbocycles. The van der Waals surface area contributed by atoms with E-state index in [9.17, 15) is 9.18 Å². The highest BCUT2D eigenvalue weighted by molar-refractivity contribution is 6.30. The van der Waals surface area contributed by atoms with Crippen LogP contribution >= 0.6 is 11.6 Å². The largest absolute Gasteiger partial charge is 0.473 e. The molecule has 0 unspecified atom stereocenters. The number of benzene rings is 2. The topological polar surface area (TPSA) is 136 Å². The van der Waals surface area contributed by atoms with Gasteiger partial charge in [-0.3, -0.25) is 14.8 Å². The molecule has 12 nitrogen and oxygen atoms in total. The molecule has 2 aromatic carbocycles. The lowest BCUT2D eigenvalue weighted by molar-refractivity contribution is -0.0947. The number of fused-ring (bicyclic) bond motifs is 2. The Morgan fingerprint density at radius 1 is 1.18 bits per heavy atom. The van der Waals surface area contributed by atoms with E-state index in [0.29, 0.717) is 70.8 Å². The van der Waals surface area contributed by atoms with Gasteiger partial charge in [-0.25, -0.2) is 24.3 Å². The summed E-state index contributed by atoms with van der Waals surface area (Å²) in [5, 5.41) is 9.68. The van der Waals surface area contributed by atoms with Crippen molar-refractivity contribution in [3.63, 3.8) is 0 Å². The fraction of sp³-hybridized carbons (Fsp3) is 0.278. The van der Waals surface area contributed by atoms with E-state index in [1.807, 2.05) is 25.1 Å². The number of carbonyl (C=O) groups is 1. The number of aromatic amines is 1. The summed E-state index contributed by atoms with van der Waals surface area (Å²) < 4.78 is 28.1. The van der Waals surface area contributed by atoms with Crippen molar-refractivity contribution in [1.29, 1.82) is 0 Å². The van der Waals surface area contributed by atoms with Crippen LogP contribution in [0.2, 0.25) is 5.02 Å². The molecule has 1 saturated heterocycles. The second kappa shape index (κ2) is 13.6. The van der Waals surface area contributed by atoms with Crippen LogP contribution in [0.5, 0.6) is 5.88 Å². The highest BCUT2D eigenvalue weighted by Crippen LogP contribution is 2.30. The number of ether oxygens (including phenoxy) is 2. The maximum absolute atomic E-state index is 14.2. The predicted octanol–water partition coefficient (Wildman–Crippen LogP) is 5.60. The number of hydrogen-bond donors (Lipinski definition) is 2. The van der Waals surface area contributed by atoms with Gasteiger partial charge in [-0.2, -0.15) is 5.10 Å². The first kappa shape index (κ1) is 33.1. The van der Waals surface area contributed by atoms with Crippen molar-refractivity contribution in [3.8, 4) is 5.88 Å². The molecule has 8 rings (SSSR count).